The van der Waals surface area contributed by atoms with Gasteiger partial charge in [0.25, 0.3) is 0 Å². The van der Waals surface area contributed by atoms with Crippen LogP contribution in [0.4, 0.5) is 0 Å². The normalized spacial score (nSPS) is 11.9. The van der Waals surface area contributed by atoms with Crippen molar-refractivity contribution < 1.29 is 9.90 Å². The molecule has 0 radical (unpaired) electrons. The molecular weight excluding hydrogens is 350 g/mol. The summed E-state index contributed by atoms with van der Waals surface area (Å²) < 4.78 is 1.01. The molecule has 3 nitrogen and oxygen atoms in total. The highest BCUT2D eigenvalue weighted by molar-refractivity contribution is 9.10. The van der Waals surface area contributed by atoms with Crippen LogP contribution in [-0.2, 0) is 4.79 Å². The molecule has 2 N–H and O–H groups in total. The highest BCUT2D eigenvalue weighted by atomic mass is 79.9. The summed E-state index contributed by atoms with van der Waals surface area (Å²) in [7, 11) is 0. The van der Waals surface area contributed by atoms with Crippen LogP contribution >= 0.6 is 27.7 Å². The van der Waals surface area contributed by atoms with E-state index in [9.17, 15) is 9.90 Å². The molecule has 2 aromatic rings. The fraction of sp³-hybridized carbons (Fsp3) is 0.188. The van der Waals surface area contributed by atoms with Gasteiger partial charge >= 0.3 is 0 Å². The van der Waals surface area contributed by atoms with Crippen LogP contribution in [0.2, 0.25) is 0 Å². The van der Waals surface area contributed by atoms with Crippen LogP contribution in [-0.4, -0.2) is 23.4 Å². The van der Waals surface area contributed by atoms with Crippen LogP contribution < -0.4 is 5.32 Å². The van der Waals surface area contributed by atoms with Gasteiger partial charge in [-0.3, -0.25) is 4.79 Å². The Labute approximate surface area is 136 Å². The Morgan fingerprint density at radius 2 is 1.81 bits per heavy atom. The van der Waals surface area contributed by atoms with Gasteiger partial charge < -0.3 is 10.4 Å². The van der Waals surface area contributed by atoms with Gasteiger partial charge in [-0.05, 0) is 29.8 Å². The van der Waals surface area contributed by atoms with Crippen molar-refractivity contribution in [3.8, 4) is 0 Å². The maximum absolute atomic E-state index is 12.0. The van der Waals surface area contributed by atoms with Gasteiger partial charge in [-0.15, -0.1) is 11.8 Å². The summed E-state index contributed by atoms with van der Waals surface area (Å²) >= 11 is 4.85. The average molecular weight is 366 g/mol. The number of halogens is 1. The van der Waals surface area contributed by atoms with Crippen molar-refractivity contribution >= 4 is 33.6 Å². The number of carbonyl (C=O) groups is 1. The minimum Gasteiger partial charge on any atom is -0.394 e. The van der Waals surface area contributed by atoms with Gasteiger partial charge in [0.15, 0.2) is 0 Å². The van der Waals surface area contributed by atoms with E-state index in [0.29, 0.717) is 5.75 Å². The number of nitrogens with one attached hydrogen (secondary N) is 1. The lowest BCUT2D eigenvalue weighted by Gasteiger charge is -2.16. The molecule has 0 aliphatic heterocycles. The molecule has 0 aliphatic rings. The number of aliphatic hydroxyl groups is 1. The van der Waals surface area contributed by atoms with Crippen molar-refractivity contribution in [2.24, 2.45) is 0 Å². The Morgan fingerprint density at radius 1 is 1.14 bits per heavy atom. The zero-order valence-corrected chi connectivity index (χ0v) is 13.7. The van der Waals surface area contributed by atoms with Crippen LogP contribution in [0.5, 0.6) is 0 Å². The third kappa shape index (κ3) is 5.19. The Morgan fingerprint density at radius 3 is 2.43 bits per heavy atom. The first-order valence-corrected chi connectivity index (χ1v) is 8.30. The van der Waals surface area contributed by atoms with E-state index in [1.165, 1.54) is 11.8 Å². The van der Waals surface area contributed by atoms with E-state index in [2.05, 4.69) is 21.2 Å². The first-order valence-electron chi connectivity index (χ1n) is 6.52. The van der Waals surface area contributed by atoms with Crippen molar-refractivity contribution in [3.63, 3.8) is 0 Å². The fourth-order valence-electron chi connectivity index (χ4n) is 1.84. The number of thioether (sulfide) groups is 1. The summed E-state index contributed by atoms with van der Waals surface area (Å²) in [5, 5.41) is 12.3. The third-order valence-electron chi connectivity index (χ3n) is 2.90. The van der Waals surface area contributed by atoms with Crippen molar-refractivity contribution in [3.05, 3.63) is 64.6 Å². The summed E-state index contributed by atoms with van der Waals surface area (Å²) in [6.07, 6.45) is 0. The highest BCUT2D eigenvalue weighted by Crippen LogP contribution is 2.20. The predicted molar refractivity (Wildman–Crippen MR) is 89.3 cm³/mol. The molecule has 0 aliphatic carbocycles. The SMILES string of the molecule is O=C(CSc1ccc(Br)cc1)N[C@H](CO)c1ccccc1. The van der Waals surface area contributed by atoms with Gasteiger partial charge in [0, 0.05) is 9.37 Å². The molecule has 2 rings (SSSR count). The molecule has 0 spiro atoms. The molecule has 0 aromatic heterocycles. The topological polar surface area (TPSA) is 49.3 Å². The summed E-state index contributed by atoms with van der Waals surface area (Å²) in [4.78, 5) is 13.0. The van der Waals surface area contributed by atoms with Crippen LogP contribution in [0.3, 0.4) is 0 Å². The Bertz CT molecular complexity index is 575. The number of benzene rings is 2. The Hall–Kier alpha value is -1.30. The molecule has 21 heavy (non-hydrogen) atoms. The van der Waals surface area contributed by atoms with Crippen molar-refractivity contribution in [1.29, 1.82) is 0 Å². The Kier molecular flexibility index (Phi) is 6.29. The molecule has 110 valence electrons. The van der Waals surface area contributed by atoms with E-state index in [1.807, 2.05) is 54.6 Å². The molecule has 1 amide bonds. The van der Waals surface area contributed by atoms with E-state index in [1.54, 1.807) is 0 Å². The molecule has 1 atom stereocenters. The summed E-state index contributed by atoms with van der Waals surface area (Å²) in [5.74, 6) is 0.233. The van der Waals surface area contributed by atoms with E-state index in [0.717, 1.165) is 14.9 Å². The van der Waals surface area contributed by atoms with E-state index < -0.39 is 0 Å². The predicted octanol–water partition coefficient (Wildman–Crippen LogP) is 3.39. The maximum Gasteiger partial charge on any atom is 0.230 e. The second-order valence-corrected chi connectivity index (χ2v) is 6.42. The molecule has 2 aromatic carbocycles. The van der Waals surface area contributed by atoms with Crippen molar-refractivity contribution in [1.82, 2.24) is 5.32 Å². The molecule has 0 heterocycles. The molecule has 0 unspecified atom stereocenters. The lowest BCUT2D eigenvalue weighted by molar-refractivity contribution is -0.119. The number of rotatable bonds is 6. The monoisotopic (exact) mass is 365 g/mol. The van der Waals surface area contributed by atoms with Crippen molar-refractivity contribution in [2.45, 2.75) is 10.9 Å². The van der Waals surface area contributed by atoms with Gasteiger partial charge in [0.05, 0.1) is 18.4 Å². The second-order valence-electron chi connectivity index (χ2n) is 4.46. The van der Waals surface area contributed by atoms with E-state index in [4.69, 9.17) is 0 Å². The second kappa shape index (κ2) is 8.22. The van der Waals surface area contributed by atoms with Crippen LogP contribution in [0.15, 0.2) is 64.0 Å². The third-order valence-corrected chi connectivity index (χ3v) is 4.44. The zero-order chi connectivity index (χ0) is 15.1. The smallest absolute Gasteiger partial charge is 0.230 e. The van der Waals surface area contributed by atoms with Gasteiger partial charge in [-0.25, -0.2) is 0 Å². The quantitative estimate of drug-likeness (QED) is 0.771. The molecule has 0 bridgehead atoms. The first kappa shape index (κ1) is 16.1. The first-order chi connectivity index (χ1) is 10.2. The highest BCUT2D eigenvalue weighted by Gasteiger charge is 2.13. The molecular formula is C16H16BrNO2S. The van der Waals surface area contributed by atoms with E-state index in [-0.39, 0.29) is 18.6 Å². The maximum atomic E-state index is 12.0. The van der Waals surface area contributed by atoms with Gasteiger partial charge in [0.2, 0.25) is 5.91 Å². The molecule has 0 saturated heterocycles. The summed E-state index contributed by atoms with van der Waals surface area (Å²) in [5.41, 5.74) is 0.905. The minimum absolute atomic E-state index is 0.0918. The number of hydrogen-bond acceptors (Lipinski definition) is 3. The average Bonchev–Trinajstić information content (AvgIpc) is 2.53. The van der Waals surface area contributed by atoms with Gasteiger partial charge in [-0.2, -0.15) is 0 Å². The lowest BCUT2D eigenvalue weighted by atomic mass is 10.1. The van der Waals surface area contributed by atoms with Gasteiger partial charge in [-0.1, -0.05) is 46.3 Å². The lowest BCUT2D eigenvalue weighted by Crippen LogP contribution is -2.32. The fourth-order valence-corrected chi connectivity index (χ4v) is 2.81. The van der Waals surface area contributed by atoms with E-state index >= 15 is 0 Å². The zero-order valence-electron chi connectivity index (χ0n) is 11.3. The number of carbonyl (C=O) groups excluding carboxylic acids is 1. The van der Waals surface area contributed by atoms with Crippen LogP contribution in [0.1, 0.15) is 11.6 Å². The minimum atomic E-state index is -0.357. The largest absolute Gasteiger partial charge is 0.394 e. The van der Waals surface area contributed by atoms with Gasteiger partial charge in [0.1, 0.15) is 0 Å². The molecule has 5 heteroatoms. The summed E-state index contributed by atoms with van der Waals surface area (Å²) in [6, 6.07) is 16.9. The van der Waals surface area contributed by atoms with Crippen LogP contribution in [0.25, 0.3) is 0 Å². The number of amides is 1. The molecule has 0 saturated carbocycles. The van der Waals surface area contributed by atoms with Crippen molar-refractivity contribution in [2.75, 3.05) is 12.4 Å². The molecule has 0 fully saturated rings. The summed E-state index contributed by atoms with van der Waals surface area (Å²) in [6.45, 7) is -0.112. The number of hydrogen-bond donors (Lipinski definition) is 2. The standard InChI is InChI=1S/C16H16BrNO2S/c17-13-6-8-14(9-7-13)21-11-16(20)18-15(10-19)12-4-2-1-3-5-12/h1-9,15,19H,10-11H2,(H,18,20)/t15-/m1/s1. The van der Waals surface area contributed by atoms with Crippen LogP contribution in [0, 0.1) is 0 Å². The Balaban J connectivity index is 1.87. The number of aliphatic hydroxyl groups excluding tert-OH is 1.